The van der Waals surface area contributed by atoms with Crippen molar-refractivity contribution in [2.75, 3.05) is 50.1 Å². The summed E-state index contributed by atoms with van der Waals surface area (Å²) < 4.78 is 5.46. The summed E-state index contributed by atoms with van der Waals surface area (Å²) in [6.45, 7) is 4.73. The van der Waals surface area contributed by atoms with Gasteiger partial charge in [-0.25, -0.2) is 0 Å². The van der Waals surface area contributed by atoms with Crippen LogP contribution in [0.1, 0.15) is 12.0 Å². The third kappa shape index (κ3) is 5.61. The number of ether oxygens (including phenoxy) is 1. The maximum atomic E-state index is 12.3. The highest BCUT2D eigenvalue weighted by atomic mass is 35.5. The van der Waals surface area contributed by atoms with Crippen molar-refractivity contribution in [3.05, 3.63) is 58.1 Å². The summed E-state index contributed by atoms with van der Waals surface area (Å²) in [6, 6.07) is 13.6. The number of rotatable bonds is 7. The quantitative estimate of drug-likeness (QED) is 0.723. The lowest BCUT2D eigenvalue weighted by atomic mass is 10.1. The molecule has 1 fully saturated rings. The Kier molecular flexibility index (Phi) is 7.57. The summed E-state index contributed by atoms with van der Waals surface area (Å²) in [7, 11) is 2.02. The normalized spacial score (nSPS) is 14.4. The topological polar surface area (TPSA) is 44.8 Å². The molecule has 1 heterocycles. The van der Waals surface area contributed by atoms with E-state index in [1.165, 1.54) is 11.3 Å². The maximum Gasteiger partial charge on any atom is 0.225 e. The number of morpholine rings is 1. The molecule has 0 radical (unpaired) electrons. The number of carbonyl (C=O) groups excluding carboxylic acids is 1. The zero-order valence-electron chi connectivity index (χ0n) is 16.0. The van der Waals surface area contributed by atoms with Crippen LogP contribution in [0.4, 0.5) is 11.4 Å². The van der Waals surface area contributed by atoms with Gasteiger partial charge in [-0.15, -0.1) is 0 Å². The van der Waals surface area contributed by atoms with Gasteiger partial charge < -0.3 is 19.9 Å². The van der Waals surface area contributed by atoms with Crippen molar-refractivity contribution in [3.8, 4) is 0 Å². The molecule has 2 aromatic rings. The minimum atomic E-state index is -0.108. The first-order valence-electron chi connectivity index (χ1n) is 9.37. The first-order valence-corrected chi connectivity index (χ1v) is 10.1. The van der Waals surface area contributed by atoms with E-state index in [0.29, 0.717) is 28.7 Å². The fraction of sp³-hybridized carbons (Fsp3) is 0.381. The second-order valence-corrected chi connectivity index (χ2v) is 7.68. The summed E-state index contributed by atoms with van der Waals surface area (Å²) in [5.41, 5.74) is 2.96. The summed E-state index contributed by atoms with van der Waals surface area (Å²) in [5.74, 6) is -0.108. The van der Waals surface area contributed by atoms with E-state index in [9.17, 15) is 4.79 Å². The summed E-state index contributed by atoms with van der Waals surface area (Å²) in [4.78, 5) is 16.8. The average molecular weight is 422 g/mol. The van der Waals surface area contributed by atoms with E-state index in [2.05, 4.69) is 39.4 Å². The molecule has 7 heteroatoms. The van der Waals surface area contributed by atoms with Gasteiger partial charge in [-0.05, 0) is 30.8 Å². The van der Waals surface area contributed by atoms with Crippen molar-refractivity contribution >= 4 is 40.5 Å². The van der Waals surface area contributed by atoms with Crippen molar-refractivity contribution in [2.24, 2.45) is 0 Å². The lowest BCUT2D eigenvalue weighted by Crippen LogP contribution is -2.37. The van der Waals surface area contributed by atoms with Gasteiger partial charge in [0, 0.05) is 38.3 Å². The Bertz CT molecular complexity index is 790. The molecule has 0 atom stereocenters. The van der Waals surface area contributed by atoms with E-state index < -0.39 is 0 Å². The molecule has 28 heavy (non-hydrogen) atoms. The average Bonchev–Trinajstić information content (AvgIpc) is 2.70. The van der Waals surface area contributed by atoms with E-state index >= 15 is 0 Å². The molecule has 150 valence electrons. The second kappa shape index (κ2) is 10.1. The fourth-order valence-corrected chi connectivity index (χ4v) is 3.73. The first-order chi connectivity index (χ1) is 13.5. The molecule has 2 aromatic carbocycles. The molecule has 1 aliphatic rings. The SMILES string of the molecule is CN(CCC(=O)Nc1c(Cl)cccc1Cl)Cc1ccccc1N1CCOCC1. The third-order valence-electron chi connectivity index (χ3n) is 4.73. The second-order valence-electron chi connectivity index (χ2n) is 6.86. The Labute approximate surface area is 176 Å². The minimum Gasteiger partial charge on any atom is -0.378 e. The molecular formula is C21H25Cl2N3O2. The number of amides is 1. The van der Waals surface area contributed by atoms with Gasteiger partial charge in [0.15, 0.2) is 0 Å². The largest absolute Gasteiger partial charge is 0.378 e. The van der Waals surface area contributed by atoms with E-state index in [1.54, 1.807) is 18.2 Å². The molecule has 1 saturated heterocycles. The van der Waals surface area contributed by atoms with Crippen molar-refractivity contribution in [1.82, 2.24) is 4.90 Å². The standard InChI is InChI=1S/C21H25Cl2N3O2/c1-25(10-9-20(27)24-21-17(22)6-4-7-18(21)23)15-16-5-2-3-8-19(16)26-11-13-28-14-12-26/h2-8H,9-15H2,1H3,(H,24,27). The van der Waals surface area contributed by atoms with Crippen molar-refractivity contribution in [3.63, 3.8) is 0 Å². The molecule has 0 aromatic heterocycles. The molecule has 0 unspecified atom stereocenters. The minimum absolute atomic E-state index is 0.108. The van der Waals surface area contributed by atoms with Crippen molar-refractivity contribution in [1.29, 1.82) is 0 Å². The van der Waals surface area contributed by atoms with Crippen LogP contribution in [0.2, 0.25) is 10.0 Å². The monoisotopic (exact) mass is 421 g/mol. The van der Waals surface area contributed by atoms with Crippen molar-refractivity contribution in [2.45, 2.75) is 13.0 Å². The number of benzene rings is 2. The van der Waals surface area contributed by atoms with Gasteiger partial charge in [0.2, 0.25) is 5.91 Å². The van der Waals surface area contributed by atoms with Gasteiger partial charge in [0.25, 0.3) is 0 Å². The van der Waals surface area contributed by atoms with E-state index in [4.69, 9.17) is 27.9 Å². The first kappa shape index (κ1) is 20.9. The molecule has 3 rings (SSSR count). The predicted octanol–water partition coefficient (Wildman–Crippen LogP) is 4.29. The number of halogens is 2. The number of hydrogen-bond acceptors (Lipinski definition) is 4. The van der Waals surface area contributed by atoms with Crippen LogP contribution in [0.15, 0.2) is 42.5 Å². The number of hydrogen-bond donors (Lipinski definition) is 1. The Morgan fingerprint density at radius 2 is 1.79 bits per heavy atom. The molecule has 5 nitrogen and oxygen atoms in total. The molecule has 0 spiro atoms. The Balaban J connectivity index is 1.54. The zero-order valence-corrected chi connectivity index (χ0v) is 17.5. The van der Waals surface area contributed by atoms with Gasteiger partial charge in [0.05, 0.1) is 28.9 Å². The number of nitrogens with one attached hydrogen (secondary N) is 1. The smallest absolute Gasteiger partial charge is 0.225 e. The van der Waals surface area contributed by atoms with E-state index in [0.717, 1.165) is 32.8 Å². The third-order valence-corrected chi connectivity index (χ3v) is 5.36. The molecular weight excluding hydrogens is 397 g/mol. The Hall–Kier alpha value is -1.79. The predicted molar refractivity (Wildman–Crippen MR) is 116 cm³/mol. The van der Waals surface area contributed by atoms with Crippen LogP contribution in [0, 0.1) is 0 Å². The molecule has 0 aliphatic carbocycles. The van der Waals surface area contributed by atoms with E-state index in [1.807, 2.05) is 7.05 Å². The highest BCUT2D eigenvalue weighted by Gasteiger charge is 2.16. The molecule has 1 N–H and O–H groups in total. The van der Waals surface area contributed by atoms with Crippen LogP contribution in [-0.4, -0.2) is 50.7 Å². The Morgan fingerprint density at radius 1 is 1.11 bits per heavy atom. The van der Waals surface area contributed by atoms with Crippen LogP contribution >= 0.6 is 23.2 Å². The van der Waals surface area contributed by atoms with Crippen LogP contribution in [-0.2, 0) is 16.1 Å². The van der Waals surface area contributed by atoms with Gasteiger partial charge in [-0.1, -0.05) is 47.5 Å². The molecule has 0 saturated carbocycles. The number of nitrogens with zero attached hydrogens (tertiary/aromatic N) is 2. The Morgan fingerprint density at radius 3 is 2.50 bits per heavy atom. The number of carbonyl (C=O) groups is 1. The fourth-order valence-electron chi connectivity index (χ4n) is 3.24. The lowest BCUT2D eigenvalue weighted by molar-refractivity contribution is -0.116. The summed E-state index contributed by atoms with van der Waals surface area (Å²) in [6.07, 6.45) is 0.359. The zero-order chi connectivity index (χ0) is 19.9. The van der Waals surface area contributed by atoms with Crippen LogP contribution in [0.5, 0.6) is 0 Å². The van der Waals surface area contributed by atoms with Gasteiger partial charge in [-0.2, -0.15) is 0 Å². The van der Waals surface area contributed by atoms with Crippen LogP contribution < -0.4 is 10.2 Å². The summed E-state index contributed by atoms with van der Waals surface area (Å²) >= 11 is 12.2. The van der Waals surface area contributed by atoms with Crippen LogP contribution in [0.25, 0.3) is 0 Å². The van der Waals surface area contributed by atoms with E-state index in [-0.39, 0.29) is 5.91 Å². The molecule has 1 amide bonds. The molecule has 1 aliphatic heterocycles. The number of para-hydroxylation sites is 2. The lowest BCUT2D eigenvalue weighted by Gasteiger charge is -2.31. The van der Waals surface area contributed by atoms with Gasteiger partial charge in [0.1, 0.15) is 0 Å². The number of anilines is 2. The molecule has 0 bridgehead atoms. The highest BCUT2D eigenvalue weighted by Crippen LogP contribution is 2.30. The van der Waals surface area contributed by atoms with Gasteiger partial charge in [-0.3, -0.25) is 4.79 Å². The van der Waals surface area contributed by atoms with Gasteiger partial charge >= 0.3 is 0 Å². The summed E-state index contributed by atoms with van der Waals surface area (Å²) in [5, 5.41) is 3.69. The van der Waals surface area contributed by atoms with Crippen LogP contribution in [0.3, 0.4) is 0 Å². The highest BCUT2D eigenvalue weighted by molar-refractivity contribution is 6.39. The maximum absolute atomic E-state index is 12.3. The van der Waals surface area contributed by atoms with Crippen molar-refractivity contribution < 1.29 is 9.53 Å².